The predicted molar refractivity (Wildman–Crippen MR) is 117 cm³/mol. The molecular formula is C22H17ClN2O3S. The van der Waals surface area contributed by atoms with E-state index in [1.54, 1.807) is 18.2 Å². The van der Waals surface area contributed by atoms with Gasteiger partial charge in [-0.2, -0.15) is 0 Å². The van der Waals surface area contributed by atoms with Gasteiger partial charge >= 0.3 is 0 Å². The summed E-state index contributed by atoms with van der Waals surface area (Å²) < 4.78 is 5.57. The maximum Gasteiger partial charge on any atom is 0.262 e. The molecule has 3 aromatic carbocycles. The first kappa shape index (κ1) is 19.4. The lowest BCUT2D eigenvalue weighted by Gasteiger charge is -2.17. The fourth-order valence-electron chi connectivity index (χ4n) is 2.93. The highest BCUT2D eigenvalue weighted by atomic mass is 35.5. The molecule has 0 aliphatic carbocycles. The molecule has 2 amide bonds. The summed E-state index contributed by atoms with van der Waals surface area (Å²) in [4.78, 5) is 24.7. The summed E-state index contributed by atoms with van der Waals surface area (Å²) in [5, 5.41) is 6.00. The first-order chi connectivity index (χ1) is 14.1. The van der Waals surface area contributed by atoms with E-state index in [0.29, 0.717) is 27.9 Å². The van der Waals surface area contributed by atoms with Crippen molar-refractivity contribution < 1.29 is 14.3 Å². The predicted octanol–water partition coefficient (Wildman–Crippen LogP) is 5.07. The number of rotatable bonds is 5. The number of hydrogen-bond acceptors (Lipinski definition) is 4. The molecule has 5 nitrogen and oxygen atoms in total. The molecule has 4 rings (SSSR count). The Morgan fingerprint density at radius 1 is 1.07 bits per heavy atom. The van der Waals surface area contributed by atoms with Crippen LogP contribution in [0.5, 0.6) is 5.75 Å². The molecular weight excluding hydrogens is 408 g/mol. The van der Waals surface area contributed by atoms with Gasteiger partial charge in [-0.3, -0.25) is 9.59 Å². The Balaban J connectivity index is 1.37. The molecule has 0 radical (unpaired) electrons. The molecule has 0 atom stereocenters. The number of amides is 2. The van der Waals surface area contributed by atoms with Crippen LogP contribution in [0.1, 0.15) is 0 Å². The molecule has 0 aromatic heterocycles. The van der Waals surface area contributed by atoms with Crippen LogP contribution in [0.15, 0.2) is 71.6 Å². The maximum atomic E-state index is 12.2. The molecule has 0 saturated carbocycles. The van der Waals surface area contributed by atoms with Crippen LogP contribution in [0.3, 0.4) is 0 Å². The van der Waals surface area contributed by atoms with Crippen molar-refractivity contribution in [2.75, 3.05) is 23.0 Å². The molecule has 0 spiro atoms. The van der Waals surface area contributed by atoms with Gasteiger partial charge in [0, 0.05) is 10.6 Å². The molecule has 0 fully saturated rings. The minimum absolute atomic E-state index is 0.0529. The summed E-state index contributed by atoms with van der Waals surface area (Å²) in [6.45, 7) is -0.178. The Labute approximate surface area is 177 Å². The van der Waals surface area contributed by atoms with Crippen LogP contribution < -0.4 is 15.4 Å². The molecule has 0 saturated heterocycles. The second-order valence-corrected chi connectivity index (χ2v) is 7.82. The van der Waals surface area contributed by atoms with Crippen molar-refractivity contribution in [2.45, 2.75) is 4.90 Å². The highest BCUT2D eigenvalue weighted by Crippen LogP contribution is 2.33. The molecule has 7 heteroatoms. The van der Waals surface area contributed by atoms with Crippen molar-refractivity contribution in [3.63, 3.8) is 0 Å². The first-order valence-corrected chi connectivity index (χ1v) is 10.3. The van der Waals surface area contributed by atoms with Crippen molar-refractivity contribution in [1.29, 1.82) is 0 Å². The maximum absolute atomic E-state index is 12.2. The monoisotopic (exact) mass is 424 g/mol. The average Bonchev–Trinajstić information content (AvgIpc) is 2.73. The van der Waals surface area contributed by atoms with Gasteiger partial charge in [0.15, 0.2) is 6.61 Å². The molecule has 3 aromatic rings. The molecule has 0 unspecified atom stereocenters. The fourth-order valence-corrected chi connectivity index (χ4v) is 3.95. The Bertz CT molecular complexity index is 1070. The highest BCUT2D eigenvalue weighted by Gasteiger charge is 2.16. The Hall–Kier alpha value is -2.96. The van der Waals surface area contributed by atoms with Crippen molar-refractivity contribution in [3.05, 3.63) is 71.8 Å². The minimum atomic E-state index is -0.317. The lowest BCUT2D eigenvalue weighted by molar-refractivity contribution is -0.118. The third-order valence-corrected chi connectivity index (χ3v) is 5.66. The van der Waals surface area contributed by atoms with Crippen molar-refractivity contribution >= 4 is 46.6 Å². The molecule has 29 heavy (non-hydrogen) atoms. The largest absolute Gasteiger partial charge is 0.482 e. The van der Waals surface area contributed by atoms with Gasteiger partial charge in [-0.15, -0.1) is 11.8 Å². The summed E-state index contributed by atoms with van der Waals surface area (Å²) in [7, 11) is 0. The number of carbonyl (C=O) groups is 2. The Kier molecular flexibility index (Phi) is 5.74. The number of nitrogens with one attached hydrogen (secondary N) is 2. The molecule has 1 aliphatic heterocycles. The van der Waals surface area contributed by atoms with E-state index in [1.165, 1.54) is 11.8 Å². The summed E-state index contributed by atoms with van der Waals surface area (Å²) in [6, 6.07) is 20.7. The van der Waals surface area contributed by atoms with E-state index in [-0.39, 0.29) is 18.4 Å². The van der Waals surface area contributed by atoms with Crippen LogP contribution in [0.2, 0.25) is 5.02 Å². The van der Waals surface area contributed by atoms with Gasteiger partial charge < -0.3 is 15.4 Å². The number of carbonyl (C=O) groups excluding carboxylic acids is 2. The Morgan fingerprint density at radius 2 is 1.90 bits per heavy atom. The van der Waals surface area contributed by atoms with Gasteiger partial charge in [0.25, 0.3) is 5.91 Å². The van der Waals surface area contributed by atoms with Crippen molar-refractivity contribution in [2.24, 2.45) is 0 Å². The van der Waals surface area contributed by atoms with E-state index >= 15 is 0 Å². The second kappa shape index (κ2) is 8.59. The Morgan fingerprint density at radius 3 is 2.69 bits per heavy atom. The summed E-state index contributed by atoms with van der Waals surface area (Å²) in [6.07, 6.45) is 0. The van der Waals surface area contributed by atoms with E-state index in [4.69, 9.17) is 16.3 Å². The molecule has 146 valence electrons. The average molecular weight is 425 g/mol. The number of fused-ring (bicyclic) bond motifs is 1. The van der Waals surface area contributed by atoms with Gasteiger partial charge in [0.1, 0.15) is 5.75 Å². The van der Waals surface area contributed by atoms with E-state index in [0.717, 1.165) is 16.0 Å². The number of thioether (sulfide) groups is 1. The number of halogens is 1. The molecule has 0 bridgehead atoms. The molecule has 1 aliphatic rings. The van der Waals surface area contributed by atoms with Gasteiger partial charge in [-0.05, 0) is 41.5 Å². The standard InChI is InChI=1S/C22H17ClN2O3S/c23-17-10-15(14-4-2-1-3-5-14)6-8-19(17)28-12-21(26)24-16-7-9-20-18(11-16)25-22(27)13-29-20/h1-11H,12-13H2,(H,24,26)(H,25,27). The van der Waals surface area contributed by atoms with Crippen LogP contribution in [-0.4, -0.2) is 24.2 Å². The van der Waals surface area contributed by atoms with Crippen molar-refractivity contribution in [3.8, 4) is 16.9 Å². The van der Waals surface area contributed by atoms with E-state index in [1.807, 2.05) is 48.5 Å². The second-order valence-electron chi connectivity index (χ2n) is 6.40. The molecule has 1 heterocycles. The summed E-state index contributed by atoms with van der Waals surface area (Å²) in [5.41, 5.74) is 3.31. The fraction of sp³-hybridized carbons (Fsp3) is 0.0909. The zero-order valence-corrected chi connectivity index (χ0v) is 16.8. The normalized spacial score (nSPS) is 12.7. The van der Waals surface area contributed by atoms with E-state index < -0.39 is 0 Å². The van der Waals surface area contributed by atoms with Gasteiger partial charge in [0.2, 0.25) is 5.91 Å². The van der Waals surface area contributed by atoms with Crippen molar-refractivity contribution in [1.82, 2.24) is 0 Å². The lowest BCUT2D eigenvalue weighted by Crippen LogP contribution is -2.21. The van der Waals surface area contributed by atoms with Crippen LogP contribution >= 0.6 is 23.4 Å². The van der Waals surface area contributed by atoms with E-state index in [9.17, 15) is 9.59 Å². The van der Waals surface area contributed by atoms with Crippen LogP contribution in [-0.2, 0) is 9.59 Å². The SMILES string of the molecule is O=C(COc1ccc(-c2ccccc2)cc1Cl)Nc1ccc2c(c1)NC(=O)CS2. The zero-order valence-electron chi connectivity index (χ0n) is 15.3. The summed E-state index contributed by atoms with van der Waals surface area (Å²) in [5.74, 6) is 0.470. The molecule has 2 N–H and O–H groups in total. The number of hydrogen-bond donors (Lipinski definition) is 2. The first-order valence-electron chi connectivity index (χ1n) is 8.93. The number of anilines is 2. The topological polar surface area (TPSA) is 67.4 Å². The van der Waals surface area contributed by atoms with Gasteiger partial charge in [-0.1, -0.05) is 48.0 Å². The quantitative estimate of drug-likeness (QED) is 0.600. The van der Waals surface area contributed by atoms with Crippen LogP contribution in [0.4, 0.5) is 11.4 Å². The minimum Gasteiger partial charge on any atom is -0.482 e. The smallest absolute Gasteiger partial charge is 0.262 e. The highest BCUT2D eigenvalue weighted by molar-refractivity contribution is 8.00. The zero-order chi connectivity index (χ0) is 20.2. The van der Waals surface area contributed by atoms with Crippen LogP contribution in [0.25, 0.3) is 11.1 Å². The summed E-state index contributed by atoms with van der Waals surface area (Å²) >= 11 is 7.79. The van der Waals surface area contributed by atoms with E-state index in [2.05, 4.69) is 10.6 Å². The third-order valence-electron chi connectivity index (χ3n) is 4.29. The number of ether oxygens (including phenoxy) is 1. The number of benzene rings is 3. The lowest BCUT2D eigenvalue weighted by atomic mass is 10.1. The third kappa shape index (κ3) is 4.72. The van der Waals surface area contributed by atoms with Crippen LogP contribution in [0, 0.1) is 0 Å². The van der Waals surface area contributed by atoms with Gasteiger partial charge in [-0.25, -0.2) is 0 Å². The van der Waals surface area contributed by atoms with Gasteiger partial charge in [0.05, 0.1) is 16.5 Å².